The molecule has 3 N–H and O–H groups in total. The summed E-state index contributed by atoms with van der Waals surface area (Å²) in [5.74, 6) is 5.16. The molecule has 116 valence electrons. The van der Waals surface area contributed by atoms with E-state index in [0.717, 1.165) is 25.9 Å². The van der Waals surface area contributed by atoms with Gasteiger partial charge in [0.2, 0.25) is 5.91 Å². The first-order valence-electron chi connectivity index (χ1n) is 8.04. The maximum absolute atomic E-state index is 11.7. The van der Waals surface area contributed by atoms with E-state index in [0.29, 0.717) is 12.6 Å². The van der Waals surface area contributed by atoms with Gasteiger partial charge in [0.15, 0.2) is 0 Å². The minimum atomic E-state index is -0.104. The molecule has 1 aliphatic carbocycles. The quantitative estimate of drug-likeness (QED) is 0.503. The number of rotatable bonds is 2. The summed E-state index contributed by atoms with van der Waals surface area (Å²) in [5.41, 5.74) is 7.85. The van der Waals surface area contributed by atoms with Crippen molar-refractivity contribution in [1.82, 2.24) is 14.9 Å². The van der Waals surface area contributed by atoms with Crippen LogP contribution in [0.1, 0.15) is 35.7 Å². The van der Waals surface area contributed by atoms with E-state index in [1.807, 2.05) is 0 Å². The molecule has 2 aromatic rings. The molecule has 0 saturated heterocycles. The average molecular weight is 298 g/mol. The lowest BCUT2D eigenvalue weighted by atomic mass is 9.89. The molecule has 5 heteroatoms. The van der Waals surface area contributed by atoms with Gasteiger partial charge in [-0.1, -0.05) is 11.6 Å². The van der Waals surface area contributed by atoms with E-state index in [2.05, 4.69) is 40.0 Å². The summed E-state index contributed by atoms with van der Waals surface area (Å²) in [6.07, 6.45) is 3.46. The fourth-order valence-electron chi connectivity index (χ4n) is 4.21. The Morgan fingerprint density at radius 1 is 1.41 bits per heavy atom. The first kappa shape index (κ1) is 13.8. The second kappa shape index (κ2) is 5.11. The van der Waals surface area contributed by atoms with E-state index in [4.69, 9.17) is 5.84 Å². The molecule has 1 aromatic carbocycles. The molecule has 22 heavy (non-hydrogen) atoms. The molecule has 4 rings (SSSR count). The maximum atomic E-state index is 11.7. The summed E-state index contributed by atoms with van der Waals surface area (Å²) in [7, 11) is 0. The molecule has 0 spiro atoms. The van der Waals surface area contributed by atoms with Crippen LogP contribution in [0.5, 0.6) is 0 Å². The Morgan fingerprint density at radius 2 is 2.27 bits per heavy atom. The predicted molar refractivity (Wildman–Crippen MR) is 86.3 cm³/mol. The number of hydrazine groups is 1. The molecule has 1 unspecified atom stereocenters. The maximum Gasteiger partial charge on any atom is 0.248 e. The highest BCUT2D eigenvalue weighted by atomic mass is 16.2. The van der Waals surface area contributed by atoms with Crippen molar-refractivity contribution >= 4 is 16.8 Å². The van der Waals surface area contributed by atoms with Crippen LogP contribution < -0.4 is 11.3 Å². The van der Waals surface area contributed by atoms with Crippen molar-refractivity contribution in [1.29, 1.82) is 0 Å². The summed E-state index contributed by atoms with van der Waals surface area (Å²) in [4.78, 5) is 14.0. The molecule has 0 fully saturated rings. The summed E-state index contributed by atoms with van der Waals surface area (Å²) >= 11 is 0. The van der Waals surface area contributed by atoms with Gasteiger partial charge in [0.05, 0.1) is 12.6 Å². The predicted octanol–water partition coefficient (Wildman–Crippen LogP) is 1.63. The number of aromatic nitrogens is 1. The monoisotopic (exact) mass is 298 g/mol. The molecule has 5 nitrogen and oxygen atoms in total. The number of nitrogens with two attached hydrogens (primary N) is 1. The highest BCUT2D eigenvalue weighted by Gasteiger charge is 2.35. The number of carbonyl (C=O) groups excluding carboxylic acids is 1. The lowest BCUT2D eigenvalue weighted by Gasteiger charge is -2.39. The highest BCUT2D eigenvalue weighted by molar-refractivity contribution is 5.87. The van der Waals surface area contributed by atoms with Gasteiger partial charge in [-0.15, -0.1) is 0 Å². The smallest absolute Gasteiger partial charge is 0.248 e. The summed E-state index contributed by atoms with van der Waals surface area (Å²) in [6, 6.07) is 7.11. The van der Waals surface area contributed by atoms with Crippen molar-refractivity contribution in [2.24, 2.45) is 5.84 Å². The van der Waals surface area contributed by atoms with Crippen molar-refractivity contribution < 1.29 is 4.79 Å². The number of carbonyl (C=O) groups is 1. The normalized spacial score (nSPS) is 20.9. The van der Waals surface area contributed by atoms with Crippen LogP contribution in [-0.4, -0.2) is 28.5 Å². The number of hydrogen-bond acceptors (Lipinski definition) is 3. The third-order valence-electron chi connectivity index (χ3n) is 5.15. The zero-order valence-electron chi connectivity index (χ0n) is 12.9. The first-order chi connectivity index (χ1) is 10.7. The largest absolute Gasteiger partial charge is 0.342 e. The van der Waals surface area contributed by atoms with Gasteiger partial charge in [-0.25, -0.2) is 5.84 Å². The molecule has 1 aliphatic heterocycles. The Labute approximate surface area is 130 Å². The fraction of sp³-hybridized carbons (Fsp3) is 0.471. The Hall–Kier alpha value is -1.85. The molecule has 0 saturated carbocycles. The van der Waals surface area contributed by atoms with Crippen LogP contribution in [0.2, 0.25) is 0 Å². The Morgan fingerprint density at radius 3 is 3.09 bits per heavy atom. The van der Waals surface area contributed by atoms with Crippen molar-refractivity contribution in [3.8, 4) is 0 Å². The van der Waals surface area contributed by atoms with E-state index in [-0.39, 0.29) is 5.91 Å². The van der Waals surface area contributed by atoms with E-state index >= 15 is 0 Å². The Bertz CT molecular complexity index is 749. The number of fused-ring (bicyclic) bond motifs is 3. The van der Waals surface area contributed by atoms with Crippen LogP contribution in [-0.2, 0) is 17.8 Å². The lowest BCUT2D eigenvalue weighted by Crippen LogP contribution is -2.46. The number of nitrogens with one attached hydrogen (secondary N) is 1. The summed E-state index contributed by atoms with van der Waals surface area (Å²) < 4.78 is 2.48. The van der Waals surface area contributed by atoms with Crippen LogP contribution in [0.25, 0.3) is 10.9 Å². The second-order valence-corrected chi connectivity index (χ2v) is 6.48. The molecular formula is C17H22N4O. The van der Waals surface area contributed by atoms with E-state index in [9.17, 15) is 4.79 Å². The van der Waals surface area contributed by atoms with Gasteiger partial charge in [0.25, 0.3) is 0 Å². The van der Waals surface area contributed by atoms with E-state index in [1.54, 1.807) is 0 Å². The van der Waals surface area contributed by atoms with Crippen molar-refractivity contribution in [3.63, 3.8) is 0 Å². The van der Waals surface area contributed by atoms with Gasteiger partial charge >= 0.3 is 0 Å². The van der Waals surface area contributed by atoms with Gasteiger partial charge in [-0.05, 0) is 43.9 Å². The van der Waals surface area contributed by atoms with Crippen molar-refractivity contribution in [3.05, 3.63) is 35.0 Å². The van der Waals surface area contributed by atoms with Crippen molar-refractivity contribution in [2.45, 2.75) is 38.8 Å². The molecule has 2 aliphatic rings. The topological polar surface area (TPSA) is 63.3 Å². The second-order valence-electron chi connectivity index (χ2n) is 6.48. The fourth-order valence-corrected chi connectivity index (χ4v) is 4.21. The first-order valence-corrected chi connectivity index (χ1v) is 8.04. The molecule has 0 radical (unpaired) electrons. The van der Waals surface area contributed by atoms with Gasteiger partial charge < -0.3 is 4.57 Å². The van der Waals surface area contributed by atoms with Crippen LogP contribution >= 0.6 is 0 Å². The SMILES string of the molecule is Cc1ccc2c(c1)c1c3n2CCN(CC(=O)NN)C3CCC1. The Balaban J connectivity index is 1.83. The van der Waals surface area contributed by atoms with Crippen LogP contribution in [0.3, 0.4) is 0 Å². The van der Waals surface area contributed by atoms with Gasteiger partial charge in [0, 0.05) is 29.7 Å². The van der Waals surface area contributed by atoms with Crippen LogP contribution in [0, 0.1) is 6.92 Å². The number of nitrogens with zero attached hydrogens (tertiary/aromatic N) is 2. The van der Waals surface area contributed by atoms with Crippen LogP contribution in [0.4, 0.5) is 0 Å². The van der Waals surface area contributed by atoms with Gasteiger partial charge in [0.1, 0.15) is 0 Å². The van der Waals surface area contributed by atoms with Gasteiger partial charge in [-0.3, -0.25) is 15.1 Å². The standard InChI is InChI=1S/C17H22N4O/c1-11-5-6-14-13(9-11)12-3-2-4-15-17(12)21(14)8-7-20(15)10-16(22)19-18/h5-6,9,15H,2-4,7-8,10,18H2,1H3,(H,19,22). The molecule has 1 atom stereocenters. The summed E-state index contributed by atoms with van der Waals surface area (Å²) in [6.45, 7) is 4.40. The molecule has 1 amide bonds. The summed E-state index contributed by atoms with van der Waals surface area (Å²) in [5, 5.41) is 1.41. The molecule has 0 bridgehead atoms. The number of hydrogen-bond donors (Lipinski definition) is 2. The minimum Gasteiger partial charge on any atom is -0.342 e. The zero-order chi connectivity index (χ0) is 15.3. The number of aryl methyl sites for hydroxylation is 2. The van der Waals surface area contributed by atoms with E-state index in [1.165, 1.54) is 34.1 Å². The van der Waals surface area contributed by atoms with Gasteiger partial charge in [-0.2, -0.15) is 0 Å². The molecule has 1 aromatic heterocycles. The molecular weight excluding hydrogens is 276 g/mol. The van der Waals surface area contributed by atoms with Crippen LogP contribution in [0.15, 0.2) is 18.2 Å². The minimum absolute atomic E-state index is 0.104. The third-order valence-corrected chi connectivity index (χ3v) is 5.15. The van der Waals surface area contributed by atoms with Crippen molar-refractivity contribution in [2.75, 3.05) is 13.1 Å². The zero-order valence-corrected chi connectivity index (χ0v) is 12.9. The average Bonchev–Trinajstić information content (AvgIpc) is 2.85. The number of amides is 1. The molecule has 2 heterocycles. The third kappa shape index (κ3) is 1.96. The lowest BCUT2D eigenvalue weighted by molar-refractivity contribution is -0.123. The highest BCUT2D eigenvalue weighted by Crippen LogP contribution is 2.42. The van der Waals surface area contributed by atoms with E-state index < -0.39 is 0 Å². The number of benzene rings is 1. The Kier molecular flexibility index (Phi) is 3.20.